The lowest BCUT2D eigenvalue weighted by Crippen LogP contribution is -2.42. The van der Waals surface area contributed by atoms with E-state index >= 15 is 0 Å². The lowest BCUT2D eigenvalue weighted by molar-refractivity contribution is 0.00578. The van der Waals surface area contributed by atoms with Crippen molar-refractivity contribution in [1.29, 1.82) is 0 Å². The first-order valence-corrected chi connectivity index (χ1v) is 11.6. The van der Waals surface area contributed by atoms with Gasteiger partial charge < -0.3 is 29.0 Å². The first-order chi connectivity index (χ1) is 15.4. The normalized spacial score (nSPS) is 17.3. The van der Waals surface area contributed by atoms with Crippen LogP contribution in [0.2, 0.25) is 0 Å². The highest BCUT2D eigenvalue weighted by molar-refractivity contribution is 6.62. The fraction of sp³-hybridized carbons (Fsp3) is 0.708. The van der Waals surface area contributed by atoms with Crippen LogP contribution in [0.1, 0.15) is 74.9 Å². The number of hydrogen-bond donors (Lipinski definition) is 1. The van der Waals surface area contributed by atoms with Gasteiger partial charge in [0.1, 0.15) is 11.2 Å². The number of nitrogens with zero attached hydrogens (tertiary/aromatic N) is 2. The van der Waals surface area contributed by atoms with Gasteiger partial charge in [-0.2, -0.15) is 0 Å². The Hall–Kier alpha value is -2.33. The van der Waals surface area contributed by atoms with Gasteiger partial charge in [-0.15, -0.1) is 0 Å². The average Bonchev–Trinajstić information content (AvgIpc) is 2.86. The van der Waals surface area contributed by atoms with E-state index in [9.17, 15) is 9.59 Å². The quantitative estimate of drug-likeness (QED) is 0.625. The Morgan fingerprint density at radius 1 is 1.00 bits per heavy atom. The van der Waals surface area contributed by atoms with Crippen LogP contribution in [0.4, 0.5) is 9.59 Å². The molecule has 0 aromatic carbocycles. The molecule has 0 atom stereocenters. The van der Waals surface area contributed by atoms with Crippen molar-refractivity contribution in [3.05, 3.63) is 24.0 Å². The molecule has 0 spiro atoms. The van der Waals surface area contributed by atoms with E-state index < -0.39 is 41.7 Å². The Morgan fingerprint density at radius 2 is 1.56 bits per heavy atom. The third-order valence-corrected chi connectivity index (χ3v) is 5.43. The lowest BCUT2D eigenvalue weighted by atomic mass is 9.80. The molecule has 190 valence electrons. The van der Waals surface area contributed by atoms with Gasteiger partial charge in [-0.1, -0.05) is 6.07 Å². The Balaban J connectivity index is 2.05. The fourth-order valence-corrected chi connectivity index (χ4v) is 3.01. The van der Waals surface area contributed by atoms with Gasteiger partial charge in [-0.3, -0.25) is 4.98 Å². The van der Waals surface area contributed by atoms with Gasteiger partial charge in [0.25, 0.3) is 0 Å². The topological polar surface area (TPSA) is 99.2 Å². The van der Waals surface area contributed by atoms with Crippen molar-refractivity contribution in [2.75, 3.05) is 13.1 Å². The molecule has 1 N–H and O–H groups in total. The molecule has 1 fully saturated rings. The van der Waals surface area contributed by atoms with Crippen molar-refractivity contribution in [1.82, 2.24) is 15.2 Å². The second kappa shape index (κ2) is 10.1. The molecule has 34 heavy (non-hydrogen) atoms. The van der Waals surface area contributed by atoms with E-state index in [0.29, 0.717) is 5.69 Å². The maximum absolute atomic E-state index is 12.8. The van der Waals surface area contributed by atoms with Crippen molar-refractivity contribution < 1.29 is 28.4 Å². The number of alkyl carbamates (subject to hydrolysis) is 1. The maximum atomic E-state index is 12.8. The van der Waals surface area contributed by atoms with E-state index in [1.165, 1.54) is 4.90 Å². The molecule has 10 heteroatoms. The Morgan fingerprint density at radius 3 is 2.03 bits per heavy atom. The highest BCUT2D eigenvalue weighted by Gasteiger charge is 2.51. The predicted molar refractivity (Wildman–Crippen MR) is 131 cm³/mol. The smallest absolute Gasteiger partial charge is 0.444 e. The number of rotatable bonds is 6. The van der Waals surface area contributed by atoms with Gasteiger partial charge in [-0.05, 0) is 75.3 Å². The van der Waals surface area contributed by atoms with Crippen LogP contribution in [0, 0.1) is 0 Å². The van der Waals surface area contributed by atoms with Crippen molar-refractivity contribution in [2.45, 2.75) is 98.2 Å². The van der Waals surface area contributed by atoms with E-state index in [0.717, 1.165) is 5.46 Å². The number of aromatic nitrogens is 1. The van der Waals surface area contributed by atoms with E-state index in [2.05, 4.69) is 10.3 Å². The number of ether oxygens (including phenoxy) is 2. The van der Waals surface area contributed by atoms with Crippen LogP contribution in [-0.4, -0.2) is 64.7 Å². The van der Waals surface area contributed by atoms with Crippen LogP contribution >= 0.6 is 0 Å². The SMILES string of the molecule is CC(C)(C)OC(=O)NCCN(Cc1ccc(B2OC(C)(C)C(C)(C)O2)cn1)C(=O)OC(C)(C)C. The molecule has 2 heterocycles. The summed E-state index contributed by atoms with van der Waals surface area (Å²) in [6, 6.07) is 3.72. The number of pyridine rings is 1. The molecule has 0 saturated carbocycles. The standard InChI is InChI=1S/C24H40BN3O6/c1-21(2,3)31-19(29)26-13-14-28(20(30)32-22(4,5)6)16-18-12-11-17(15-27-18)25-33-23(7,8)24(9,10)34-25/h11-12,15H,13-14,16H2,1-10H3,(H,26,29). The highest BCUT2D eigenvalue weighted by atomic mass is 16.7. The summed E-state index contributed by atoms with van der Waals surface area (Å²) >= 11 is 0. The van der Waals surface area contributed by atoms with E-state index in [1.807, 2.05) is 39.8 Å². The minimum Gasteiger partial charge on any atom is -0.444 e. The summed E-state index contributed by atoms with van der Waals surface area (Å²) in [5, 5.41) is 2.67. The minimum absolute atomic E-state index is 0.208. The van der Waals surface area contributed by atoms with E-state index in [4.69, 9.17) is 18.8 Å². The number of amides is 2. The molecule has 0 bridgehead atoms. The number of hydrogen-bond acceptors (Lipinski definition) is 7. The maximum Gasteiger partial charge on any atom is 0.496 e. The third kappa shape index (κ3) is 8.16. The molecule has 0 unspecified atom stereocenters. The zero-order valence-corrected chi connectivity index (χ0v) is 22.3. The summed E-state index contributed by atoms with van der Waals surface area (Å²) in [4.78, 5) is 30.7. The summed E-state index contributed by atoms with van der Waals surface area (Å²) in [6.07, 6.45) is 0.667. The molecule has 1 aliphatic heterocycles. The van der Waals surface area contributed by atoms with Gasteiger partial charge >= 0.3 is 19.3 Å². The number of carbonyl (C=O) groups is 2. The zero-order chi connectivity index (χ0) is 25.9. The monoisotopic (exact) mass is 477 g/mol. The first kappa shape index (κ1) is 27.9. The van der Waals surface area contributed by atoms with Gasteiger partial charge in [0.15, 0.2) is 0 Å². The molecule has 1 aliphatic rings. The summed E-state index contributed by atoms with van der Waals surface area (Å²) < 4.78 is 22.9. The second-order valence-corrected chi connectivity index (χ2v) is 11.5. The molecule has 2 rings (SSSR count). The molecule has 0 aliphatic carbocycles. The van der Waals surface area contributed by atoms with Crippen molar-refractivity contribution in [2.24, 2.45) is 0 Å². The Bertz CT molecular complexity index is 843. The van der Waals surface area contributed by atoms with E-state index in [1.54, 1.807) is 47.7 Å². The molecular weight excluding hydrogens is 437 g/mol. The number of carbonyl (C=O) groups excluding carboxylic acids is 2. The molecule has 1 saturated heterocycles. The van der Waals surface area contributed by atoms with Crippen molar-refractivity contribution in [3.8, 4) is 0 Å². The zero-order valence-electron chi connectivity index (χ0n) is 22.3. The van der Waals surface area contributed by atoms with Crippen LogP contribution in [0.5, 0.6) is 0 Å². The van der Waals surface area contributed by atoms with Gasteiger partial charge in [-0.25, -0.2) is 9.59 Å². The van der Waals surface area contributed by atoms with Gasteiger partial charge in [0, 0.05) is 24.7 Å². The molecule has 1 aromatic rings. The highest BCUT2D eigenvalue weighted by Crippen LogP contribution is 2.36. The summed E-state index contributed by atoms with van der Waals surface area (Å²) in [6.45, 7) is 19.4. The molecule has 1 aromatic heterocycles. The van der Waals surface area contributed by atoms with Gasteiger partial charge in [0.05, 0.1) is 23.4 Å². The van der Waals surface area contributed by atoms with Crippen LogP contribution < -0.4 is 10.8 Å². The van der Waals surface area contributed by atoms with Gasteiger partial charge in [0.2, 0.25) is 0 Å². The summed E-state index contributed by atoms with van der Waals surface area (Å²) in [5.41, 5.74) is -0.656. The predicted octanol–water partition coefficient (Wildman–Crippen LogP) is 3.64. The van der Waals surface area contributed by atoms with Crippen molar-refractivity contribution in [3.63, 3.8) is 0 Å². The summed E-state index contributed by atoms with van der Waals surface area (Å²) in [5.74, 6) is 0. The Labute approximate surface area is 204 Å². The first-order valence-electron chi connectivity index (χ1n) is 11.6. The van der Waals surface area contributed by atoms with Crippen LogP contribution in [0.25, 0.3) is 0 Å². The molecular formula is C24H40BN3O6. The van der Waals surface area contributed by atoms with Crippen LogP contribution in [0.3, 0.4) is 0 Å². The lowest BCUT2D eigenvalue weighted by Gasteiger charge is -2.32. The molecule has 9 nitrogen and oxygen atoms in total. The molecule has 2 amide bonds. The second-order valence-electron chi connectivity index (χ2n) is 11.5. The van der Waals surface area contributed by atoms with Crippen molar-refractivity contribution >= 4 is 24.8 Å². The fourth-order valence-electron chi connectivity index (χ4n) is 3.01. The molecule has 0 radical (unpaired) electrons. The number of nitrogens with one attached hydrogen (secondary N) is 1. The Kier molecular flexibility index (Phi) is 8.31. The largest absolute Gasteiger partial charge is 0.496 e. The third-order valence-electron chi connectivity index (χ3n) is 5.43. The van der Waals surface area contributed by atoms with E-state index in [-0.39, 0.29) is 19.6 Å². The average molecular weight is 477 g/mol. The van der Waals surface area contributed by atoms with Crippen LogP contribution in [-0.2, 0) is 25.3 Å². The minimum atomic E-state index is -0.651. The summed E-state index contributed by atoms with van der Waals surface area (Å²) in [7, 11) is -0.508. The van der Waals surface area contributed by atoms with Crippen LogP contribution in [0.15, 0.2) is 18.3 Å².